The van der Waals surface area contributed by atoms with E-state index in [1.165, 1.54) is 11.3 Å². The minimum absolute atomic E-state index is 0.234. The topological polar surface area (TPSA) is 103 Å². The summed E-state index contributed by atoms with van der Waals surface area (Å²) in [5.74, 6) is 2.11. The number of benzene rings is 1. The fourth-order valence-corrected chi connectivity index (χ4v) is 4.32. The summed E-state index contributed by atoms with van der Waals surface area (Å²) in [5, 5.41) is 20.7. The van der Waals surface area contributed by atoms with Crippen molar-refractivity contribution in [2.24, 2.45) is 0 Å². The molecule has 1 atom stereocenters. The number of aryl methyl sites for hydroxylation is 1. The fourth-order valence-electron chi connectivity index (χ4n) is 3.51. The number of thiazole rings is 1. The molecule has 0 radical (unpaired) electrons. The average molecular weight is 399 g/mol. The smallest absolute Gasteiger partial charge is 0.322 e. The van der Waals surface area contributed by atoms with Crippen molar-refractivity contribution in [1.82, 2.24) is 24.6 Å². The molecule has 144 valence electrons. The van der Waals surface area contributed by atoms with E-state index in [0.29, 0.717) is 25.4 Å². The zero-order valence-electron chi connectivity index (χ0n) is 15.0. The minimum Gasteiger partial charge on any atom is -0.480 e. The Bertz CT molecular complexity index is 1060. The Hall–Kier alpha value is -2.98. The van der Waals surface area contributed by atoms with E-state index in [4.69, 9.17) is 14.5 Å². The highest BCUT2D eigenvalue weighted by molar-refractivity contribution is 7.13. The largest absolute Gasteiger partial charge is 0.480 e. The molecule has 9 nitrogen and oxygen atoms in total. The van der Waals surface area contributed by atoms with Crippen LogP contribution in [0.5, 0.6) is 11.5 Å². The molecule has 2 aliphatic rings. The van der Waals surface area contributed by atoms with Crippen molar-refractivity contribution < 1.29 is 19.4 Å². The second kappa shape index (κ2) is 6.57. The molecule has 2 aliphatic heterocycles. The van der Waals surface area contributed by atoms with Gasteiger partial charge in [0, 0.05) is 17.5 Å². The lowest BCUT2D eigenvalue weighted by Gasteiger charge is -2.32. The highest BCUT2D eigenvalue weighted by Crippen LogP contribution is 2.37. The second-order valence-corrected chi connectivity index (χ2v) is 7.60. The SMILES string of the molecule is Cc1nnc2n1CC(C(=O)O)N(Cc1csc(-c3ccc4c(c3)OCO4)n1)C2. The maximum absolute atomic E-state index is 11.8. The summed E-state index contributed by atoms with van der Waals surface area (Å²) < 4.78 is 12.6. The van der Waals surface area contributed by atoms with Crippen LogP contribution < -0.4 is 9.47 Å². The zero-order chi connectivity index (χ0) is 19.3. The van der Waals surface area contributed by atoms with Crippen LogP contribution in [0.2, 0.25) is 0 Å². The zero-order valence-corrected chi connectivity index (χ0v) is 15.8. The van der Waals surface area contributed by atoms with Gasteiger partial charge in [-0.1, -0.05) is 0 Å². The first-order valence-electron chi connectivity index (χ1n) is 8.78. The number of carbonyl (C=O) groups is 1. The van der Waals surface area contributed by atoms with E-state index < -0.39 is 12.0 Å². The lowest BCUT2D eigenvalue weighted by atomic mass is 10.1. The van der Waals surface area contributed by atoms with E-state index >= 15 is 0 Å². The molecule has 0 fully saturated rings. The molecule has 0 spiro atoms. The lowest BCUT2D eigenvalue weighted by molar-refractivity contribution is -0.145. The maximum Gasteiger partial charge on any atom is 0.322 e. The molecule has 0 amide bonds. The number of carboxylic acids is 1. The summed E-state index contributed by atoms with van der Waals surface area (Å²) in [4.78, 5) is 18.4. The molecule has 10 heteroatoms. The molecule has 1 N–H and O–H groups in total. The van der Waals surface area contributed by atoms with E-state index in [1.807, 2.05) is 40.0 Å². The number of nitrogens with zero attached hydrogens (tertiary/aromatic N) is 5. The van der Waals surface area contributed by atoms with Crippen LogP contribution in [0.25, 0.3) is 10.6 Å². The number of aromatic nitrogens is 4. The Morgan fingerprint density at radius 3 is 3.04 bits per heavy atom. The van der Waals surface area contributed by atoms with Crippen molar-refractivity contribution in [3.05, 3.63) is 40.9 Å². The molecular weight excluding hydrogens is 382 g/mol. The van der Waals surface area contributed by atoms with Gasteiger partial charge in [0.05, 0.1) is 18.8 Å². The van der Waals surface area contributed by atoms with Gasteiger partial charge >= 0.3 is 5.97 Å². The van der Waals surface area contributed by atoms with Crippen LogP contribution in [0.15, 0.2) is 23.6 Å². The quantitative estimate of drug-likeness (QED) is 0.710. The standard InChI is InChI=1S/C18H17N5O4S/c1-10-20-21-16-7-22(13(18(24)25)6-23(10)16)5-12-8-28-17(19-12)11-2-3-14-15(4-11)27-9-26-14/h2-4,8,13H,5-7,9H2,1H3,(H,24,25). The Labute approximate surface area is 164 Å². The third-order valence-electron chi connectivity index (χ3n) is 4.97. The number of rotatable bonds is 4. The highest BCUT2D eigenvalue weighted by atomic mass is 32.1. The molecule has 1 aromatic carbocycles. The molecule has 0 saturated carbocycles. The van der Waals surface area contributed by atoms with Crippen LogP contribution in [0.4, 0.5) is 0 Å². The predicted octanol–water partition coefficient (Wildman–Crippen LogP) is 1.91. The van der Waals surface area contributed by atoms with Crippen LogP contribution in [-0.4, -0.2) is 48.6 Å². The number of hydrogen-bond acceptors (Lipinski definition) is 8. The predicted molar refractivity (Wildman–Crippen MR) is 99.1 cm³/mol. The van der Waals surface area contributed by atoms with E-state index in [0.717, 1.165) is 33.7 Å². The van der Waals surface area contributed by atoms with E-state index in [2.05, 4.69) is 10.2 Å². The molecule has 3 aromatic rings. The molecular formula is C18H17N5O4S. The number of carboxylic acid groups (broad SMARTS) is 1. The summed E-state index contributed by atoms with van der Waals surface area (Å²) in [7, 11) is 0. The summed E-state index contributed by atoms with van der Waals surface area (Å²) in [6, 6.07) is 5.09. The number of ether oxygens (including phenoxy) is 2. The van der Waals surface area contributed by atoms with Crippen molar-refractivity contribution in [1.29, 1.82) is 0 Å². The van der Waals surface area contributed by atoms with E-state index in [9.17, 15) is 9.90 Å². The fraction of sp³-hybridized carbons (Fsp3) is 0.333. The van der Waals surface area contributed by atoms with Gasteiger partial charge in [0.15, 0.2) is 11.5 Å². The first-order chi connectivity index (χ1) is 13.6. The summed E-state index contributed by atoms with van der Waals surface area (Å²) in [5.41, 5.74) is 1.78. The van der Waals surface area contributed by atoms with Gasteiger partial charge < -0.3 is 19.1 Å². The molecule has 28 heavy (non-hydrogen) atoms. The molecule has 0 bridgehead atoms. The summed E-state index contributed by atoms with van der Waals surface area (Å²) in [6.07, 6.45) is 0. The van der Waals surface area contributed by atoms with Gasteiger partial charge in [-0.25, -0.2) is 4.98 Å². The van der Waals surface area contributed by atoms with Crippen LogP contribution >= 0.6 is 11.3 Å². The summed E-state index contributed by atoms with van der Waals surface area (Å²) in [6.45, 7) is 3.27. The summed E-state index contributed by atoms with van der Waals surface area (Å²) >= 11 is 1.52. The maximum atomic E-state index is 11.8. The van der Waals surface area contributed by atoms with E-state index in [-0.39, 0.29) is 6.79 Å². The number of aliphatic carboxylic acids is 1. The second-order valence-electron chi connectivity index (χ2n) is 6.75. The third kappa shape index (κ3) is 2.90. The molecule has 0 aliphatic carbocycles. The lowest BCUT2D eigenvalue weighted by Crippen LogP contribution is -2.47. The molecule has 0 saturated heterocycles. The van der Waals surface area contributed by atoms with Gasteiger partial charge in [0.25, 0.3) is 0 Å². The molecule has 5 rings (SSSR count). The van der Waals surface area contributed by atoms with Crippen LogP contribution in [0.1, 0.15) is 17.3 Å². The van der Waals surface area contributed by atoms with Gasteiger partial charge in [-0.3, -0.25) is 9.69 Å². The molecule has 2 aromatic heterocycles. The first-order valence-corrected chi connectivity index (χ1v) is 9.66. The van der Waals surface area contributed by atoms with Crippen molar-refractivity contribution in [2.75, 3.05) is 6.79 Å². The number of hydrogen-bond donors (Lipinski definition) is 1. The Balaban J connectivity index is 1.38. The minimum atomic E-state index is -0.857. The molecule has 4 heterocycles. The number of fused-ring (bicyclic) bond motifs is 2. The van der Waals surface area contributed by atoms with Gasteiger partial charge in [-0.2, -0.15) is 0 Å². The van der Waals surface area contributed by atoms with E-state index in [1.54, 1.807) is 0 Å². The van der Waals surface area contributed by atoms with Gasteiger partial charge in [-0.05, 0) is 25.1 Å². The van der Waals surface area contributed by atoms with Gasteiger partial charge in [0.2, 0.25) is 6.79 Å². The van der Waals surface area contributed by atoms with Crippen molar-refractivity contribution >= 4 is 17.3 Å². The highest BCUT2D eigenvalue weighted by Gasteiger charge is 2.33. The Morgan fingerprint density at radius 1 is 1.32 bits per heavy atom. The van der Waals surface area contributed by atoms with Crippen LogP contribution in [0, 0.1) is 6.92 Å². The molecule has 1 unspecified atom stereocenters. The van der Waals surface area contributed by atoms with Crippen LogP contribution in [0.3, 0.4) is 0 Å². The van der Waals surface area contributed by atoms with Crippen molar-refractivity contribution in [3.63, 3.8) is 0 Å². The van der Waals surface area contributed by atoms with Gasteiger partial charge in [-0.15, -0.1) is 21.5 Å². The monoisotopic (exact) mass is 399 g/mol. The van der Waals surface area contributed by atoms with Crippen molar-refractivity contribution in [3.8, 4) is 22.1 Å². The Kier molecular flexibility index (Phi) is 4.02. The Morgan fingerprint density at radius 2 is 2.18 bits per heavy atom. The van der Waals surface area contributed by atoms with Crippen LogP contribution in [-0.2, 0) is 24.4 Å². The normalized spacial score (nSPS) is 18.2. The average Bonchev–Trinajstić information content (AvgIpc) is 3.41. The first kappa shape index (κ1) is 17.1. The third-order valence-corrected chi connectivity index (χ3v) is 5.91. The van der Waals surface area contributed by atoms with Crippen molar-refractivity contribution in [2.45, 2.75) is 32.6 Å². The van der Waals surface area contributed by atoms with Gasteiger partial charge in [0.1, 0.15) is 22.7 Å².